The van der Waals surface area contributed by atoms with Crippen molar-refractivity contribution in [1.29, 1.82) is 0 Å². The lowest BCUT2D eigenvalue weighted by Gasteiger charge is -2.19. The van der Waals surface area contributed by atoms with E-state index in [1.807, 2.05) is 19.1 Å². The van der Waals surface area contributed by atoms with Crippen LogP contribution in [-0.4, -0.2) is 40.3 Å². The van der Waals surface area contributed by atoms with Crippen molar-refractivity contribution in [2.45, 2.75) is 39.2 Å². The lowest BCUT2D eigenvalue weighted by molar-refractivity contribution is -0.143. The lowest BCUT2D eigenvalue weighted by Crippen LogP contribution is -2.45. The Morgan fingerprint density at radius 2 is 2.00 bits per heavy atom. The van der Waals surface area contributed by atoms with Gasteiger partial charge in [0, 0.05) is 18.4 Å². The minimum Gasteiger partial charge on any atom is -0.497 e. The molecule has 2 N–H and O–H groups in total. The normalized spacial score (nSPS) is 13.0. The molecular weight excluding hydrogens is 338 g/mol. The summed E-state index contributed by atoms with van der Waals surface area (Å²) in [5.74, 6) is -0.0772. The third-order valence-corrected chi connectivity index (χ3v) is 4.18. The number of amides is 1. The molecule has 1 heterocycles. The van der Waals surface area contributed by atoms with Crippen LogP contribution < -0.4 is 10.1 Å². The van der Waals surface area contributed by atoms with Crippen LogP contribution in [0.15, 0.2) is 28.8 Å². The van der Waals surface area contributed by atoms with Gasteiger partial charge in [-0.2, -0.15) is 4.98 Å². The third-order valence-electron chi connectivity index (χ3n) is 4.18. The van der Waals surface area contributed by atoms with Crippen LogP contribution >= 0.6 is 0 Å². The molecule has 1 amide bonds. The first-order valence-corrected chi connectivity index (χ1v) is 8.43. The molecule has 1 aromatic carbocycles. The Kier molecular flexibility index (Phi) is 6.71. The van der Waals surface area contributed by atoms with Crippen LogP contribution in [0, 0.1) is 5.92 Å². The number of methoxy groups -OCH3 is 1. The van der Waals surface area contributed by atoms with Crippen LogP contribution in [0.5, 0.6) is 5.75 Å². The van der Waals surface area contributed by atoms with Gasteiger partial charge in [0.1, 0.15) is 11.8 Å². The minimum atomic E-state index is -1.03. The van der Waals surface area contributed by atoms with E-state index in [9.17, 15) is 14.7 Å². The molecule has 0 aliphatic rings. The predicted octanol–water partition coefficient (Wildman–Crippen LogP) is 2.29. The monoisotopic (exact) mass is 361 g/mol. The average Bonchev–Trinajstić information content (AvgIpc) is 3.12. The number of carbonyl (C=O) groups excluding carboxylic acids is 1. The molecule has 2 aromatic rings. The van der Waals surface area contributed by atoms with E-state index in [1.54, 1.807) is 26.2 Å². The highest BCUT2D eigenvalue weighted by molar-refractivity contribution is 5.83. The van der Waals surface area contributed by atoms with Crippen molar-refractivity contribution < 1.29 is 24.0 Å². The summed E-state index contributed by atoms with van der Waals surface area (Å²) < 4.78 is 10.3. The molecule has 0 aliphatic heterocycles. The maximum absolute atomic E-state index is 12.0. The highest BCUT2D eigenvalue weighted by Crippen LogP contribution is 2.20. The highest BCUT2D eigenvalue weighted by Gasteiger charge is 2.25. The van der Waals surface area contributed by atoms with E-state index in [2.05, 4.69) is 15.5 Å². The standard InChI is InChI=1S/C18H23N3O5/c1-4-11(2)16(18(23)24)19-14(22)9-10-15-20-17(21-26-15)12-5-7-13(25-3)8-6-12/h5-8,11,16H,4,9-10H2,1-3H3,(H,19,22)(H,23,24)/t11-,16-/m0/s1. The molecule has 0 fully saturated rings. The first kappa shape index (κ1) is 19.4. The van der Waals surface area contributed by atoms with E-state index in [1.165, 1.54) is 0 Å². The van der Waals surface area contributed by atoms with E-state index >= 15 is 0 Å². The summed E-state index contributed by atoms with van der Waals surface area (Å²) in [5.41, 5.74) is 0.771. The minimum absolute atomic E-state index is 0.0739. The molecule has 0 spiro atoms. The molecule has 0 bridgehead atoms. The fraction of sp³-hybridized carbons (Fsp3) is 0.444. The Labute approximate surface area is 151 Å². The number of benzene rings is 1. The van der Waals surface area contributed by atoms with E-state index in [4.69, 9.17) is 9.26 Å². The summed E-state index contributed by atoms with van der Waals surface area (Å²) in [5, 5.41) is 15.7. The Morgan fingerprint density at radius 3 is 2.58 bits per heavy atom. The maximum atomic E-state index is 12.0. The van der Waals surface area contributed by atoms with Gasteiger partial charge in [-0.3, -0.25) is 4.79 Å². The topological polar surface area (TPSA) is 115 Å². The van der Waals surface area contributed by atoms with Crippen LogP contribution in [0.2, 0.25) is 0 Å². The van der Waals surface area contributed by atoms with Crippen molar-refractivity contribution in [3.05, 3.63) is 30.2 Å². The number of ether oxygens (including phenoxy) is 1. The molecule has 8 nitrogen and oxygen atoms in total. The van der Waals surface area contributed by atoms with Gasteiger partial charge in [0.15, 0.2) is 0 Å². The van der Waals surface area contributed by atoms with Gasteiger partial charge in [0.2, 0.25) is 17.6 Å². The summed E-state index contributed by atoms with van der Waals surface area (Å²) in [6, 6.07) is 6.30. The van der Waals surface area contributed by atoms with Crippen molar-refractivity contribution in [3.63, 3.8) is 0 Å². The summed E-state index contributed by atoms with van der Waals surface area (Å²) in [4.78, 5) is 27.5. The number of carbonyl (C=O) groups is 2. The number of nitrogens with one attached hydrogen (secondary N) is 1. The molecule has 2 rings (SSSR count). The van der Waals surface area contributed by atoms with Crippen LogP contribution in [0.25, 0.3) is 11.4 Å². The molecular formula is C18H23N3O5. The number of hydrogen-bond acceptors (Lipinski definition) is 6. The van der Waals surface area contributed by atoms with Crippen LogP contribution in [0.1, 0.15) is 32.6 Å². The molecule has 1 aromatic heterocycles. The van der Waals surface area contributed by atoms with Crippen LogP contribution in [-0.2, 0) is 16.0 Å². The molecule has 140 valence electrons. The fourth-order valence-corrected chi connectivity index (χ4v) is 2.36. The van der Waals surface area contributed by atoms with Crippen molar-refractivity contribution >= 4 is 11.9 Å². The van der Waals surface area contributed by atoms with E-state index in [-0.39, 0.29) is 24.7 Å². The molecule has 0 unspecified atom stereocenters. The summed E-state index contributed by atoms with van der Waals surface area (Å²) in [7, 11) is 1.59. The summed E-state index contributed by atoms with van der Waals surface area (Å²) in [6.45, 7) is 3.67. The van der Waals surface area contributed by atoms with Crippen molar-refractivity contribution in [1.82, 2.24) is 15.5 Å². The Morgan fingerprint density at radius 1 is 1.31 bits per heavy atom. The number of nitrogens with zero attached hydrogens (tertiary/aromatic N) is 2. The Bertz CT molecular complexity index is 742. The van der Waals surface area contributed by atoms with Gasteiger partial charge in [0.25, 0.3) is 0 Å². The Balaban J connectivity index is 1.92. The zero-order valence-electron chi connectivity index (χ0n) is 15.1. The molecule has 0 aliphatic carbocycles. The fourth-order valence-electron chi connectivity index (χ4n) is 2.36. The zero-order chi connectivity index (χ0) is 19.1. The second-order valence-corrected chi connectivity index (χ2v) is 6.01. The van der Waals surface area contributed by atoms with Gasteiger partial charge in [-0.25, -0.2) is 4.79 Å². The first-order chi connectivity index (χ1) is 12.4. The van der Waals surface area contributed by atoms with Crippen molar-refractivity contribution in [2.24, 2.45) is 5.92 Å². The first-order valence-electron chi connectivity index (χ1n) is 8.43. The number of aliphatic carboxylic acids is 1. The highest BCUT2D eigenvalue weighted by atomic mass is 16.5. The van der Waals surface area contributed by atoms with Gasteiger partial charge in [-0.1, -0.05) is 25.4 Å². The van der Waals surface area contributed by atoms with E-state index in [0.29, 0.717) is 18.1 Å². The molecule has 8 heteroatoms. The summed E-state index contributed by atoms with van der Waals surface area (Å²) in [6.07, 6.45) is 0.971. The van der Waals surface area contributed by atoms with Crippen molar-refractivity contribution in [2.75, 3.05) is 7.11 Å². The SMILES string of the molecule is CC[C@H](C)[C@H](NC(=O)CCc1nc(-c2ccc(OC)cc2)no1)C(=O)O. The number of hydrogen-bond donors (Lipinski definition) is 2. The molecule has 2 atom stereocenters. The second-order valence-electron chi connectivity index (χ2n) is 6.01. The molecule has 26 heavy (non-hydrogen) atoms. The summed E-state index contributed by atoms with van der Waals surface area (Å²) >= 11 is 0. The van der Waals surface area contributed by atoms with E-state index in [0.717, 1.165) is 11.3 Å². The second kappa shape index (κ2) is 8.98. The predicted molar refractivity (Wildman–Crippen MR) is 93.6 cm³/mol. The zero-order valence-corrected chi connectivity index (χ0v) is 15.1. The van der Waals surface area contributed by atoms with Gasteiger partial charge < -0.3 is 19.7 Å². The van der Waals surface area contributed by atoms with Crippen LogP contribution in [0.4, 0.5) is 0 Å². The number of carboxylic acids is 1. The van der Waals surface area contributed by atoms with Gasteiger partial charge in [-0.15, -0.1) is 0 Å². The van der Waals surface area contributed by atoms with Gasteiger partial charge >= 0.3 is 5.97 Å². The number of rotatable bonds is 9. The van der Waals surface area contributed by atoms with Crippen molar-refractivity contribution in [3.8, 4) is 17.1 Å². The number of aromatic nitrogens is 2. The largest absolute Gasteiger partial charge is 0.497 e. The molecule has 0 radical (unpaired) electrons. The van der Waals surface area contributed by atoms with Crippen LogP contribution in [0.3, 0.4) is 0 Å². The van der Waals surface area contributed by atoms with Gasteiger partial charge in [-0.05, 0) is 30.2 Å². The lowest BCUT2D eigenvalue weighted by atomic mass is 9.99. The molecule has 0 saturated carbocycles. The Hall–Kier alpha value is -2.90. The third kappa shape index (κ3) is 5.05. The average molecular weight is 361 g/mol. The quantitative estimate of drug-likeness (QED) is 0.704. The van der Waals surface area contributed by atoms with Gasteiger partial charge in [0.05, 0.1) is 7.11 Å². The van der Waals surface area contributed by atoms with E-state index < -0.39 is 12.0 Å². The molecule has 0 saturated heterocycles. The number of carboxylic acid groups (broad SMARTS) is 1. The maximum Gasteiger partial charge on any atom is 0.326 e. The smallest absolute Gasteiger partial charge is 0.326 e. The number of aryl methyl sites for hydroxylation is 1.